The molecule has 3 rings (SSSR count). The highest BCUT2D eigenvalue weighted by atomic mass is 16.5. The van der Waals surface area contributed by atoms with E-state index in [0.717, 1.165) is 21.6 Å². The topological polar surface area (TPSA) is 41.1 Å². The third kappa shape index (κ3) is 2.12. The smallest absolute Gasteiger partial charge is 0.248 e. The summed E-state index contributed by atoms with van der Waals surface area (Å²) in [5.74, 6) is 0.833. The lowest BCUT2D eigenvalue weighted by Crippen LogP contribution is -2.23. The molecule has 0 amide bonds. The third-order valence-corrected chi connectivity index (χ3v) is 3.18. The normalized spacial score (nSPS) is 10.8. The fourth-order valence-corrected chi connectivity index (χ4v) is 2.20. The van der Waals surface area contributed by atoms with Crippen LogP contribution in [0.15, 0.2) is 54.9 Å². The lowest BCUT2D eigenvalue weighted by molar-refractivity contribution is -0.578. The molecule has 0 atom stereocenters. The highest BCUT2D eigenvalue weighted by molar-refractivity contribution is 5.71. The number of hydrogen-bond acceptors (Lipinski definition) is 2. The number of hydrogen-bond donors (Lipinski definition) is 0. The van der Waals surface area contributed by atoms with E-state index in [9.17, 15) is 5.21 Å². The molecule has 96 valence electrons. The van der Waals surface area contributed by atoms with Gasteiger partial charge in [0.1, 0.15) is 12.3 Å². The maximum Gasteiger partial charge on any atom is 0.248 e. The lowest BCUT2D eigenvalue weighted by Gasteiger charge is -2.02. The Bertz CT molecular complexity index is 702. The van der Waals surface area contributed by atoms with E-state index < -0.39 is 0 Å². The van der Waals surface area contributed by atoms with Gasteiger partial charge in [0.15, 0.2) is 11.0 Å². The molecular formula is C15H14N2O2. The summed E-state index contributed by atoms with van der Waals surface area (Å²) in [5.41, 5.74) is 2.76. The Balaban J connectivity index is 1.96. The zero-order valence-corrected chi connectivity index (χ0v) is 10.6. The minimum atomic E-state index is 0.666. The molecule has 19 heavy (non-hydrogen) atoms. The molecular weight excluding hydrogens is 240 g/mol. The molecule has 0 radical (unpaired) electrons. The van der Waals surface area contributed by atoms with Crippen LogP contribution in [0.3, 0.4) is 0 Å². The van der Waals surface area contributed by atoms with Crippen LogP contribution < -0.4 is 9.47 Å². The average Bonchev–Trinajstić information content (AvgIpc) is 2.77. The average molecular weight is 254 g/mol. The highest BCUT2D eigenvalue weighted by Crippen LogP contribution is 2.15. The predicted octanol–water partition coefficient (Wildman–Crippen LogP) is 2.33. The van der Waals surface area contributed by atoms with Gasteiger partial charge in [-0.3, -0.25) is 0 Å². The van der Waals surface area contributed by atoms with Crippen molar-refractivity contribution in [3.05, 3.63) is 65.6 Å². The van der Waals surface area contributed by atoms with Gasteiger partial charge in [0.2, 0.25) is 6.33 Å². The molecule has 4 heteroatoms. The van der Waals surface area contributed by atoms with Gasteiger partial charge in [-0.15, -0.1) is 0 Å². The molecule has 4 nitrogen and oxygen atoms in total. The van der Waals surface area contributed by atoms with Crippen LogP contribution in [-0.4, -0.2) is 11.7 Å². The Kier molecular flexibility index (Phi) is 2.83. The summed E-state index contributed by atoms with van der Waals surface area (Å²) in [6, 6.07) is 15.4. The molecule has 0 saturated carbocycles. The summed E-state index contributed by atoms with van der Waals surface area (Å²) in [7, 11) is 1.65. The van der Waals surface area contributed by atoms with Gasteiger partial charge in [-0.05, 0) is 29.8 Å². The maximum atomic E-state index is 11.8. The van der Waals surface area contributed by atoms with Gasteiger partial charge in [0.25, 0.3) is 0 Å². The quantitative estimate of drug-likeness (QED) is 0.531. The van der Waals surface area contributed by atoms with Crippen molar-refractivity contribution in [2.45, 2.75) is 6.54 Å². The van der Waals surface area contributed by atoms with Crippen molar-refractivity contribution in [1.29, 1.82) is 0 Å². The Labute approximate surface area is 111 Å². The van der Waals surface area contributed by atoms with Gasteiger partial charge < -0.3 is 9.94 Å². The summed E-state index contributed by atoms with van der Waals surface area (Å²) in [4.78, 5) is 0. The maximum absolute atomic E-state index is 11.8. The minimum absolute atomic E-state index is 0.666. The molecule has 0 aliphatic heterocycles. The van der Waals surface area contributed by atoms with E-state index in [0.29, 0.717) is 12.1 Å². The van der Waals surface area contributed by atoms with Crippen molar-refractivity contribution in [2.75, 3.05) is 7.11 Å². The molecule has 1 aromatic heterocycles. The van der Waals surface area contributed by atoms with Gasteiger partial charge in [-0.1, -0.05) is 24.3 Å². The molecule has 2 aromatic carbocycles. The fraction of sp³-hybridized carbons (Fsp3) is 0.133. The van der Waals surface area contributed by atoms with Crippen molar-refractivity contribution in [2.24, 2.45) is 0 Å². The molecule has 0 unspecified atom stereocenters. The van der Waals surface area contributed by atoms with Crippen LogP contribution in [0.1, 0.15) is 5.56 Å². The van der Waals surface area contributed by atoms with Crippen molar-refractivity contribution in [3.63, 3.8) is 0 Å². The van der Waals surface area contributed by atoms with Gasteiger partial charge in [-0.2, -0.15) is 0 Å². The van der Waals surface area contributed by atoms with E-state index in [-0.39, 0.29) is 0 Å². The summed E-state index contributed by atoms with van der Waals surface area (Å²) < 4.78 is 7.98. The zero-order valence-electron chi connectivity index (χ0n) is 10.6. The van der Waals surface area contributed by atoms with Crippen LogP contribution in [0.4, 0.5) is 0 Å². The lowest BCUT2D eigenvalue weighted by atomic mass is 10.2. The number of para-hydroxylation sites is 2. The summed E-state index contributed by atoms with van der Waals surface area (Å²) in [6.07, 6.45) is 1.58. The predicted molar refractivity (Wildman–Crippen MR) is 73.0 cm³/mol. The molecule has 0 saturated heterocycles. The van der Waals surface area contributed by atoms with Crippen molar-refractivity contribution >= 4 is 11.0 Å². The molecule has 0 N–H and O–H groups in total. The highest BCUT2D eigenvalue weighted by Gasteiger charge is 2.11. The SMILES string of the molecule is COc1ccc(Cn2c[n+]([O-])c3ccccc32)cc1. The van der Waals surface area contributed by atoms with E-state index in [1.807, 2.05) is 53.1 Å². The van der Waals surface area contributed by atoms with Gasteiger partial charge >= 0.3 is 0 Å². The number of aromatic nitrogens is 2. The monoisotopic (exact) mass is 254 g/mol. The van der Waals surface area contributed by atoms with E-state index >= 15 is 0 Å². The first-order valence-corrected chi connectivity index (χ1v) is 6.08. The van der Waals surface area contributed by atoms with Crippen LogP contribution >= 0.6 is 0 Å². The van der Waals surface area contributed by atoms with E-state index in [1.54, 1.807) is 13.4 Å². The zero-order chi connectivity index (χ0) is 13.2. The molecule has 3 aromatic rings. The first kappa shape index (κ1) is 11.6. The Morgan fingerprint density at radius 1 is 1.11 bits per heavy atom. The standard InChI is InChI=1S/C15H14N2O2/c1-19-13-8-6-12(7-9-13)10-16-11-17(18)15-5-3-2-4-14(15)16/h2-9,11H,10H2,1H3. The summed E-state index contributed by atoms with van der Waals surface area (Å²) >= 11 is 0. The second kappa shape index (κ2) is 4.65. The van der Waals surface area contributed by atoms with Crippen molar-refractivity contribution < 1.29 is 9.47 Å². The van der Waals surface area contributed by atoms with E-state index in [1.165, 1.54) is 0 Å². The van der Waals surface area contributed by atoms with Crippen molar-refractivity contribution in [1.82, 2.24) is 4.57 Å². The number of methoxy groups -OCH3 is 1. The van der Waals surface area contributed by atoms with Crippen LogP contribution in [-0.2, 0) is 6.54 Å². The van der Waals surface area contributed by atoms with Gasteiger partial charge in [0.05, 0.1) is 7.11 Å². The molecule has 0 aliphatic rings. The summed E-state index contributed by atoms with van der Waals surface area (Å²) in [6.45, 7) is 0.666. The second-order valence-electron chi connectivity index (χ2n) is 4.41. The molecule has 0 spiro atoms. The number of benzene rings is 2. The minimum Gasteiger partial charge on any atom is -0.710 e. The number of rotatable bonds is 3. The Morgan fingerprint density at radius 3 is 2.58 bits per heavy atom. The summed E-state index contributed by atoms with van der Waals surface area (Å²) in [5, 5.41) is 11.8. The number of nitrogens with zero attached hydrogens (tertiary/aromatic N) is 2. The van der Waals surface area contributed by atoms with Crippen LogP contribution in [0.25, 0.3) is 11.0 Å². The Morgan fingerprint density at radius 2 is 1.84 bits per heavy atom. The molecule has 0 fully saturated rings. The van der Waals surface area contributed by atoms with Gasteiger partial charge in [0, 0.05) is 0 Å². The molecule has 0 aliphatic carbocycles. The first-order chi connectivity index (χ1) is 9.28. The van der Waals surface area contributed by atoms with Gasteiger partial charge in [-0.25, -0.2) is 9.30 Å². The Hall–Kier alpha value is -2.49. The van der Waals surface area contributed by atoms with Crippen LogP contribution in [0.5, 0.6) is 5.75 Å². The number of ether oxygens (including phenoxy) is 1. The largest absolute Gasteiger partial charge is 0.710 e. The third-order valence-electron chi connectivity index (χ3n) is 3.18. The van der Waals surface area contributed by atoms with Crippen molar-refractivity contribution in [3.8, 4) is 5.75 Å². The second-order valence-corrected chi connectivity index (χ2v) is 4.41. The molecule has 1 heterocycles. The first-order valence-electron chi connectivity index (χ1n) is 6.08. The number of imidazole rings is 1. The van der Waals surface area contributed by atoms with Crippen LogP contribution in [0.2, 0.25) is 0 Å². The number of fused-ring (bicyclic) bond motifs is 1. The van der Waals surface area contributed by atoms with Crippen LogP contribution in [0, 0.1) is 5.21 Å². The molecule has 0 bridgehead atoms. The van der Waals surface area contributed by atoms with E-state index in [2.05, 4.69) is 0 Å². The van der Waals surface area contributed by atoms with E-state index in [4.69, 9.17) is 4.74 Å². The fourth-order valence-electron chi connectivity index (χ4n) is 2.20.